The summed E-state index contributed by atoms with van der Waals surface area (Å²) < 4.78 is 2.27. The first-order valence-corrected chi connectivity index (χ1v) is 9.05. The zero-order valence-corrected chi connectivity index (χ0v) is 15.0. The fraction of sp³-hybridized carbons (Fsp3) is 0.261. The van der Waals surface area contributed by atoms with E-state index in [1.807, 2.05) is 0 Å². The molecule has 0 saturated heterocycles. The van der Waals surface area contributed by atoms with E-state index in [-0.39, 0.29) is 0 Å². The molecule has 0 N–H and O–H groups in total. The van der Waals surface area contributed by atoms with Crippen LogP contribution in [0.25, 0.3) is 0 Å². The molecule has 2 heteroatoms. The molecule has 0 aliphatic heterocycles. The smallest absolute Gasteiger partial charge is 0.169 e. The molecule has 0 radical (unpaired) electrons. The largest absolute Gasteiger partial charge is 0.295 e. The second-order valence-electron chi connectivity index (χ2n) is 6.65. The Morgan fingerprint density at radius 1 is 0.720 bits per heavy atom. The SMILES string of the molecule is Cc1cc[n+](CCCN(Cc2ccccc2)Cc2ccccc2)cc1. The molecule has 0 atom stereocenters. The van der Waals surface area contributed by atoms with Crippen molar-refractivity contribution in [3.05, 3.63) is 102 Å². The van der Waals surface area contributed by atoms with E-state index < -0.39 is 0 Å². The molecule has 3 aromatic rings. The molecule has 25 heavy (non-hydrogen) atoms. The van der Waals surface area contributed by atoms with Crippen molar-refractivity contribution in [3.8, 4) is 0 Å². The van der Waals surface area contributed by atoms with Crippen LogP contribution in [0.2, 0.25) is 0 Å². The average molecular weight is 331 g/mol. The van der Waals surface area contributed by atoms with Crippen molar-refractivity contribution in [2.75, 3.05) is 6.54 Å². The number of aromatic nitrogens is 1. The summed E-state index contributed by atoms with van der Waals surface area (Å²) in [5.74, 6) is 0. The van der Waals surface area contributed by atoms with E-state index in [1.54, 1.807) is 0 Å². The summed E-state index contributed by atoms with van der Waals surface area (Å²) in [5, 5.41) is 0. The highest BCUT2D eigenvalue weighted by Gasteiger charge is 2.09. The van der Waals surface area contributed by atoms with E-state index in [0.717, 1.165) is 32.6 Å². The zero-order chi connectivity index (χ0) is 17.3. The molecule has 2 aromatic carbocycles. The Labute approximate surface area is 151 Å². The number of rotatable bonds is 8. The van der Waals surface area contributed by atoms with E-state index in [2.05, 4.69) is 102 Å². The first-order valence-electron chi connectivity index (χ1n) is 9.05. The summed E-state index contributed by atoms with van der Waals surface area (Å²) >= 11 is 0. The highest BCUT2D eigenvalue weighted by Crippen LogP contribution is 2.10. The molecule has 0 amide bonds. The Morgan fingerprint density at radius 3 is 1.76 bits per heavy atom. The third kappa shape index (κ3) is 5.84. The molecule has 0 aliphatic rings. The van der Waals surface area contributed by atoms with Gasteiger partial charge in [0.25, 0.3) is 0 Å². The fourth-order valence-corrected chi connectivity index (χ4v) is 3.06. The molecular formula is C23H27N2+. The predicted molar refractivity (Wildman–Crippen MR) is 103 cm³/mol. The van der Waals surface area contributed by atoms with Gasteiger partial charge >= 0.3 is 0 Å². The minimum atomic E-state index is 0.994. The predicted octanol–water partition coefficient (Wildman–Crippen LogP) is 4.38. The van der Waals surface area contributed by atoms with Gasteiger partial charge in [-0.25, -0.2) is 4.57 Å². The topological polar surface area (TPSA) is 7.12 Å². The van der Waals surface area contributed by atoms with Crippen molar-refractivity contribution in [1.29, 1.82) is 0 Å². The summed E-state index contributed by atoms with van der Waals surface area (Å²) in [6.45, 7) is 6.26. The van der Waals surface area contributed by atoms with Gasteiger partial charge < -0.3 is 0 Å². The van der Waals surface area contributed by atoms with E-state index in [0.29, 0.717) is 0 Å². The van der Waals surface area contributed by atoms with Crippen LogP contribution in [0, 0.1) is 6.92 Å². The highest BCUT2D eigenvalue weighted by atomic mass is 15.1. The Kier molecular flexibility index (Phi) is 6.35. The number of benzene rings is 2. The van der Waals surface area contributed by atoms with Gasteiger partial charge in [-0.2, -0.15) is 0 Å². The average Bonchev–Trinajstić information content (AvgIpc) is 2.65. The van der Waals surface area contributed by atoms with Gasteiger partial charge in [-0.1, -0.05) is 60.7 Å². The van der Waals surface area contributed by atoms with Crippen LogP contribution in [0.1, 0.15) is 23.1 Å². The van der Waals surface area contributed by atoms with Gasteiger partial charge in [0.2, 0.25) is 0 Å². The highest BCUT2D eigenvalue weighted by molar-refractivity contribution is 5.17. The van der Waals surface area contributed by atoms with Crippen LogP contribution in [0.5, 0.6) is 0 Å². The van der Waals surface area contributed by atoms with Crippen molar-refractivity contribution in [2.24, 2.45) is 0 Å². The van der Waals surface area contributed by atoms with Crippen molar-refractivity contribution in [2.45, 2.75) is 33.0 Å². The van der Waals surface area contributed by atoms with Crippen LogP contribution in [0.15, 0.2) is 85.2 Å². The lowest BCUT2D eigenvalue weighted by Gasteiger charge is -2.22. The maximum atomic E-state index is 2.54. The van der Waals surface area contributed by atoms with Crippen molar-refractivity contribution in [3.63, 3.8) is 0 Å². The van der Waals surface area contributed by atoms with Crippen LogP contribution in [-0.2, 0) is 19.6 Å². The number of hydrogen-bond acceptors (Lipinski definition) is 1. The zero-order valence-electron chi connectivity index (χ0n) is 15.0. The third-order valence-corrected chi connectivity index (χ3v) is 4.45. The molecule has 0 aliphatic carbocycles. The summed E-state index contributed by atoms with van der Waals surface area (Å²) in [4.78, 5) is 2.54. The molecule has 1 heterocycles. The monoisotopic (exact) mass is 331 g/mol. The van der Waals surface area contributed by atoms with Gasteiger partial charge in [-0.3, -0.25) is 4.90 Å². The maximum Gasteiger partial charge on any atom is 0.169 e. The lowest BCUT2D eigenvalue weighted by molar-refractivity contribution is -0.697. The minimum Gasteiger partial charge on any atom is -0.295 e. The maximum absolute atomic E-state index is 2.54. The molecule has 1 aromatic heterocycles. The summed E-state index contributed by atoms with van der Waals surface area (Å²) in [5.41, 5.74) is 4.06. The third-order valence-electron chi connectivity index (χ3n) is 4.45. The van der Waals surface area contributed by atoms with E-state index >= 15 is 0 Å². The summed E-state index contributed by atoms with van der Waals surface area (Å²) in [7, 11) is 0. The Hall–Kier alpha value is -2.45. The Bertz CT molecular complexity index is 695. The summed E-state index contributed by atoms with van der Waals surface area (Å²) in [6, 6.07) is 25.9. The Balaban J connectivity index is 1.60. The quantitative estimate of drug-likeness (QED) is 0.556. The normalized spacial score (nSPS) is 11.0. The van der Waals surface area contributed by atoms with Crippen LogP contribution in [-0.4, -0.2) is 11.4 Å². The van der Waals surface area contributed by atoms with Crippen LogP contribution in [0.3, 0.4) is 0 Å². The van der Waals surface area contributed by atoms with Crippen LogP contribution in [0.4, 0.5) is 0 Å². The first-order chi connectivity index (χ1) is 12.3. The van der Waals surface area contributed by atoms with Crippen LogP contribution < -0.4 is 4.57 Å². The standard InChI is InChI=1S/C23H27N2/c1-21-13-17-24(18-14-21)15-8-16-25(19-22-9-4-2-5-10-22)20-23-11-6-3-7-12-23/h2-7,9-14,17-18H,8,15-16,19-20H2,1H3/q+1. The van der Waals surface area contributed by atoms with Gasteiger partial charge in [0.1, 0.15) is 6.54 Å². The van der Waals surface area contributed by atoms with Gasteiger partial charge in [-0.15, -0.1) is 0 Å². The lowest BCUT2D eigenvalue weighted by Crippen LogP contribution is -2.35. The first kappa shape index (κ1) is 17.4. The van der Waals surface area contributed by atoms with Crippen molar-refractivity contribution < 1.29 is 4.57 Å². The molecular weight excluding hydrogens is 304 g/mol. The lowest BCUT2D eigenvalue weighted by atomic mass is 10.1. The molecule has 0 bridgehead atoms. The van der Waals surface area contributed by atoms with Gasteiger partial charge in [0.15, 0.2) is 12.4 Å². The second kappa shape index (κ2) is 9.14. The second-order valence-corrected chi connectivity index (χ2v) is 6.65. The van der Waals surface area contributed by atoms with E-state index in [1.165, 1.54) is 16.7 Å². The number of aryl methyl sites for hydroxylation is 2. The Morgan fingerprint density at radius 2 is 1.24 bits per heavy atom. The fourth-order valence-electron chi connectivity index (χ4n) is 3.06. The van der Waals surface area contributed by atoms with Crippen LogP contribution >= 0.6 is 0 Å². The molecule has 128 valence electrons. The number of pyridine rings is 1. The molecule has 3 rings (SSSR count). The van der Waals surface area contributed by atoms with Gasteiger partial charge in [-0.05, 0) is 23.6 Å². The van der Waals surface area contributed by atoms with E-state index in [9.17, 15) is 0 Å². The minimum absolute atomic E-state index is 0.994. The molecule has 0 fully saturated rings. The molecule has 0 saturated carbocycles. The number of nitrogens with zero attached hydrogens (tertiary/aromatic N) is 2. The van der Waals surface area contributed by atoms with Crippen molar-refractivity contribution >= 4 is 0 Å². The van der Waals surface area contributed by atoms with Crippen molar-refractivity contribution in [1.82, 2.24) is 4.90 Å². The van der Waals surface area contributed by atoms with E-state index in [4.69, 9.17) is 0 Å². The molecule has 2 nitrogen and oxygen atoms in total. The number of hydrogen-bond donors (Lipinski definition) is 0. The molecule has 0 spiro atoms. The van der Waals surface area contributed by atoms with Gasteiger partial charge in [0, 0.05) is 38.2 Å². The summed E-state index contributed by atoms with van der Waals surface area (Å²) in [6.07, 6.45) is 5.50. The molecule has 0 unspecified atom stereocenters. The van der Waals surface area contributed by atoms with Gasteiger partial charge in [0.05, 0.1) is 0 Å².